The maximum absolute atomic E-state index is 13.0. The molecule has 0 radical (unpaired) electrons. The van der Waals surface area contributed by atoms with Crippen LogP contribution in [-0.4, -0.2) is 53.9 Å². The lowest BCUT2D eigenvalue weighted by molar-refractivity contribution is -0.147. The molecular weight excluding hydrogens is 443 g/mol. The number of carboxylic acids is 1. The van der Waals surface area contributed by atoms with Crippen molar-refractivity contribution in [3.8, 4) is 16.9 Å². The van der Waals surface area contributed by atoms with Crippen LogP contribution < -0.4 is 15.8 Å². The van der Waals surface area contributed by atoms with E-state index in [0.29, 0.717) is 5.75 Å². The van der Waals surface area contributed by atoms with Gasteiger partial charge in [-0.1, -0.05) is 62.4 Å². The third-order valence-corrected chi connectivity index (χ3v) is 5.15. The molecule has 0 spiro atoms. The van der Waals surface area contributed by atoms with E-state index in [9.17, 15) is 23.6 Å². The van der Waals surface area contributed by atoms with Gasteiger partial charge in [0.15, 0.2) is 18.2 Å². The van der Waals surface area contributed by atoms with Gasteiger partial charge in [0.2, 0.25) is 0 Å². The topological polar surface area (TPSA) is 136 Å². The summed E-state index contributed by atoms with van der Waals surface area (Å²) >= 11 is 0. The first-order chi connectivity index (χ1) is 16.1. The fourth-order valence-electron chi connectivity index (χ4n) is 3.52. The summed E-state index contributed by atoms with van der Waals surface area (Å²) in [4.78, 5) is 48.9. The molecule has 3 atom stereocenters. The Balaban J connectivity index is 2.17. The summed E-state index contributed by atoms with van der Waals surface area (Å²) in [5.41, 5.74) is 7.16. The lowest BCUT2D eigenvalue weighted by Crippen LogP contribution is -2.54. The predicted octanol–water partition coefficient (Wildman–Crippen LogP) is 2.40. The van der Waals surface area contributed by atoms with Crippen LogP contribution in [-0.2, 0) is 19.2 Å². The summed E-state index contributed by atoms with van der Waals surface area (Å²) in [6.07, 6.45) is 0.105. The van der Waals surface area contributed by atoms with Crippen LogP contribution in [0.2, 0.25) is 0 Å². The Morgan fingerprint density at radius 3 is 2.24 bits per heavy atom. The molecule has 0 saturated carbocycles. The minimum atomic E-state index is -1.92. The number of benzene rings is 2. The average molecular weight is 473 g/mol. The highest BCUT2D eigenvalue weighted by atomic mass is 19.1. The van der Waals surface area contributed by atoms with Crippen LogP contribution in [0.3, 0.4) is 0 Å². The fraction of sp³-hybridized carbons (Fsp3) is 0.360. The zero-order valence-electron chi connectivity index (χ0n) is 19.1. The third kappa shape index (κ3) is 7.21. The normalized spacial score (nSPS) is 13.6. The third-order valence-electron chi connectivity index (χ3n) is 5.15. The number of carboxylic acid groups (broad SMARTS) is 1. The number of halogens is 1. The average Bonchev–Trinajstić information content (AvgIpc) is 2.82. The molecule has 0 aliphatic heterocycles. The molecule has 9 heteroatoms. The van der Waals surface area contributed by atoms with E-state index in [-0.39, 0.29) is 12.3 Å². The van der Waals surface area contributed by atoms with E-state index in [1.807, 2.05) is 42.5 Å². The summed E-state index contributed by atoms with van der Waals surface area (Å²) < 4.78 is 18.7. The number of para-hydroxylation sites is 1. The second-order valence-corrected chi connectivity index (χ2v) is 8.24. The number of rotatable bonds is 13. The number of ketones is 2. The van der Waals surface area contributed by atoms with E-state index >= 15 is 0 Å². The Kier molecular flexibility index (Phi) is 9.88. The number of carbonyl (C=O) groups excluding carboxylic acids is 3. The molecule has 1 amide bonds. The smallest absolute Gasteiger partial charge is 0.321 e. The summed E-state index contributed by atoms with van der Waals surface area (Å²) in [6.45, 7) is 1.59. The van der Waals surface area contributed by atoms with Crippen molar-refractivity contribution in [3.05, 3.63) is 54.6 Å². The lowest BCUT2D eigenvalue weighted by Gasteiger charge is -2.25. The summed E-state index contributed by atoms with van der Waals surface area (Å²) in [5.74, 6) is -6.01. The molecule has 0 aliphatic carbocycles. The van der Waals surface area contributed by atoms with E-state index in [2.05, 4.69) is 5.32 Å². The second kappa shape index (κ2) is 12.6. The van der Waals surface area contributed by atoms with Crippen molar-refractivity contribution in [2.24, 2.45) is 17.6 Å². The van der Waals surface area contributed by atoms with Crippen molar-refractivity contribution >= 4 is 23.4 Å². The lowest BCUT2D eigenvalue weighted by atomic mass is 9.85. The standard InChI is InChI=1S/C25H29FN2O6/c1-15(2)12-18(24(31)22(19(29)13-26)23(27)25(32)33)28-21(30)14-34-20-11-7-6-10-17(20)16-8-4-3-5-9-16/h3-11,15,18,22-23H,12-14,27H2,1-2H3,(H,28,30)(H,32,33)/t18-,22?,23?/m0/s1. The molecule has 0 fully saturated rings. The Bertz CT molecular complexity index is 1010. The van der Waals surface area contributed by atoms with Crippen LogP contribution in [0, 0.1) is 11.8 Å². The molecular formula is C25H29FN2O6. The Morgan fingerprint density at radius 2 is 1.65 bits per heavy atom. The Morgan fingerprint density at radius 1 is 1.03 bits per heavy atom. The first-order valence-corrected chi connectivity index (χ1v) is 10.8. The van der Waals surface area contributed by atoms with Crippen molar-refractivity contribution in [1.82, 2.24) is 5.32 Å². The van der Waals surface area contributed by atoms with E-state index < -0.39 is 54.7 Å². The van der Waals surface area contributed by atoms with Gasteiger partial charge in [0.05, 0.1) is 6.04 Å². The molecule has 2 unspecified atom stereocenters. The molecule has 2 aromatic rings. The van der Waals surface area contributed by atoms with Crippen LogP contribution in [0.4, 0.5) is 4.39 Å². The molecule has 2 rings (SSSR count). The number of ether oxygens (including phenoxy) is 1. The van der Waals surface area contributed by atoms with Gasteiger partial charge in [-0.25, -0.2) is 4.39 Å². The highest BCUT2D eigenvalue weighted by molar-refractivity contribution is 6.09. The van der Waals surface area contributed by atoms with Crippen LogP contribution in [0.5, 0.6) is 5.75 Å². The molecule has 2 aromatic carbocycles. The predicted molar refractivity (Wildman–Crippen MR) is 124 cm³/mol. The Labute approximate surface area is 197 Å². The van der Waals surface area contributed by atoms with Crippen molar-refractivity contribution < 1.29 is 33.4 Å². The first-order valence-electron chi connectivity index (χ1n) is 10.8. The summed E-state index contributed by atoms with van der Waals surface area (Å²) in [6, 6.07) is 13.4. The minimum Gasteiger partial charge on any atom is -0.483 e. The number of alkyl halides is 1. The second-order valence-electron chi connectivity index (χ2n) is 8.24. The SMILES string of the molecule is CC(C)C[C@H](NC(=O)COc1ccccc1-c1ccccc1)C(=O)C(C(=O)CF)C(N)C(=O)O. The minimum absolute atomic E-state index is 0.101. The van der Waals surface area contributed by atoms with Gasteiger partial charge in [-0.3, -0.25) is 19.2 Å². The van der Waals surface area contributed by atoms with Gasteiger partial charge in [-0.05, 0) is 24.0 Å². The van der Waals surface area contributed by atoms with E-state index in [1.54, 1.807) is 26.0 Å². The quantitative estimate of drug-likeness (QED) is 0.381. The zero-order chi connectivity index (χ0) is 25.3. The van der Waals surface area contributed by atoms with Gasteiger partial charge >= 0.3 is 5.97 Å². The van der Waals surface area contributed by atoms with Crippen LogP contribution in [0.15, 0.2) is 54.6 Å². The van der Waals surface area contributed by atoms with Gasteiger partial charge in [0, 0.05) is 5.56 Å². The molecule has 0 saturated heterocycles. The molecule has 8 nitrogen and oxygen atoms in total. The van der Waals surface area contributed by atoms with E-state index in [0.717, 1.165) is 11.1 Å². The molecule has 0 aromatic heterocycles. The van der Waals surface area contributed by atoms with Crippen LogP contribution in [0.1, 0.15) is 20.3 Å². The highest BCUT2D eigenvalue weighted by Crippen LogP contribution is 2.29. The first kappa shape index (κ1) is 26.7. The highest BCUT2D eigenvalue weighted by Gasteiger charge is 2.40. The number of hydrogen-bond donors (Lipinski definition) is 3. The van der Waals surface area contributed by atoms with Gasteiger partial charge in [-0.15, -0.1) is 0 Å². The number of carbonyl (C=O) groups is 4. The number of hydrogen-bond acceptors (Lipinski definition) is 6. The van der Waals surface area contributed by atoms with Crippen molar-refractivity contribution in [2.75, 3.05) is 13.3 Å². The molecule has 0 bridgehead atoms. The van der Waals surface area contributed by atoms with E-state index in [4.69, 9.17) is 15.6 Å². The Hall–Kier alpha value is -3.59. The maximum atomic E-state index is 13.0. The molecule has 0 aliphatic rings. The maximum Gasteiger partial charge on any atom is 0.321 e. The van der Waals surface area contributed by atoms with Crippen molar-refractivity contribution in [1.29, 1.82) is 0 Å². The van der Waals surface area contributed by atoms with Gasteiger partial charge in [-0.2, -0.15) is 0 Å². The van der Waals surface area contributed by atoms with Crippen LogP contribution in [0.25, 0.3) is 11.1 Å². The number of nitrogens with two attached hydrogens (primary N) is 1. The molecule has 4 N–H and O–H groups in total. The molecule has 34 heavy (non-hydrogen) atoms. The van der Waals surface area contributed by atoms with E-state index in [1.165, 1.54) is 0 Å². The van der Waals surface area contributed by atoms with Gasteiger partial charge in [0.1, 0.15) is 24.4 Å². The largest absolute Gasteiger partial charge is 0.483 e. The fourth-order valence-corrected chi connectivity index (χ4v) is 3.52. The number of nitrogens with one attached hydrogen (secondary N) is 1. The molecule has 182 valence electrons. The zero-order valence-corrected chi connectivity index (χ0v) is 19.1. The van der Waals surface area contributed by atoms with Crippen molar-refractivity contribution in [2.45, 2.75) is 32.4 Å². The summed E-state index contributed by atoms with van der Waals surface area (Å²) in [5, 5.41) is 11.7. The van der Waals surface area contributed by atoms with Gasteiger partial charge in [0.25, 0.3) is 5.91 Å². The van der Waals surface area contributed by atoms with Gasteiger partial charge < -0.3 is 20.9 Å². The van der Waals surface area contributed by atoms with Crippen LogP contribution >= 0.6 is 0 Å². The monoisotopic (exact) mass is 472 g/mol. The summed E-state index contributed by atoms with van der Waals surface area (Å²) in [7, 11) is 0. The van der Waals surface area contributed by atoms with Crippen molar-refractivity contribution in [3.63, 3.8) is 0 Å². The number of Topliss-reactive ketones (excluding diaryl/α,β-unsaturated/α-hetero) is 2. The number of amides is 1. The number of aliphatic carboxylic acids is 1. The molecule has 0 heterocycles.